The molecule has 2 aromatic carbocycles. The number of amides is 10. The number of hydroxylamine groups is 4. The SMILES string of the molecule is NCCCC[C@@H]1NC(=O)[C@@H](Cc2ccc(O)cc2)NC(=O)[C@H](CC(=O)O)NC(=O)CNC(=O)[C@H](CCCN=C(N)N)N(OC(=O)CC[C@H](C(=O)O)N2CCCN3CCN(CCCN([C@H](CCC(=O)ON4C(=O)[C@H](CCCCN)NC(=O)[C@@H](Cc5ccc(O)cc5)NC(=O)[C@H](CC(=O)O)NC(=O)CNC(=O)[C@@H]4CCCN=C(N)N)C(=O)O)CC3)CC2)C1=O. The maximum atomic E-state index is 15.3. The van der Waals surface area contributed by atoms with Crippen molar-refractivity contribution in [3.63, 3.8) is 0 Å². The number of unbranched alkanes of at least 4 members (excludes halogenated alkanes) is 2. The number of carboxylic acid groups (broad SMARTS) is 4. The van der Waals surface area contributed by atoms with Gasteiger partial charge in [0.2, 0.25) is 47.3 Å². The standard InChI is InChI=1S/C76H116N22O24/c77-25-3-1-9-49-71(115)97(55(11-5-27-83-75(79)80)69(113)85-43-59(101)87-53(41-61(103)104)67(111)91-51(65(109)89-49)39-45-13-17-47(99)18-14-45)121-63(107)23-21-57(73(117)118)95-31-7-29-94-34-33-93(35-37-95)30-8-32-96(38-36-94)58(74(119)120)22-24-64(108)122-98-56(12-6-28-84-76(81)82)70(114)86-44-60(102)88-54(42-62(105)106)68(112)92-52(40-46-15-19-48(100)20-16-46)66(110)90-50(72(98)116)10-2-4-26-78/h13-20,49-58,99-100H,1-12,21-44,77-78H2,(H,85,113)(H,86,114)(H,87,101)(H,88,102)(H,89,109)(H,90,110)(H,91,111)(H,92,112)(H,103,104)(H,105,106)(H,117,118)(H,119,120)(H4,79,80,83)(H4,81,82,84)/t49-,50-,51+,52+,53-,54-,55-,56-,57+,58+/m0/s1. The van der Waals surface area contributed by atoms with E-state index in [4.69, 9.17) is 44.1 Å². The summed E-state index contributed by atoms with van der Waals surface area (Å²) >= 11 is 0. The monoisotopic (exact) mass is 1720 g/mol. The van der Waals surface area contributed by atoms with E-state index in [1.165, 1.54) is 48.5 Å². The van der Waals surface area contributed by atoms with Crippen LogP contribution in [0.2, 0.25) is 0 Å². The van der Waals surface area contributed by atoms with E-state index in [0.29, 0.717) is 60.3 Å². The second-order valence-corrected chi connectivity index (χ2v) is 29.9. The third-order valence-electron chi connectivity index (χ3n) is 20.6. The number of aromatic hydroxyl groups is 2. The summed E-state index contributed by atoms with van der Waals surface area (Å²) in [4.78, 5) is 251. The summed E-state index contributed by atoms with van der Waals surface area (Å²) in [5, 5.41) is 81.7. The smallest absolute Gasteiger partial charge is 0.332 e. The number of hydrogen-bond acceptors (Lipinski definition) is 28. The summed E-state index contributed by atoms with van der Waals surface area (Å²) in [6.45, 7) is 0.679. The van der Waals surface area contributed by atoms with E-state index >= 15 is 9.59 Å². The molecule has 4 aliphatic heterocycles. The molecule has 0 aromatic heterocycles. The molecule has 4 heterocycles. The largest absolute Gasteiger partial charge is 0.508 e. The van der Waals surface area contributed by atoms with Crippen LogP contribution in [0.3, 0.4) is 0 Å². The highest BCUT2D eigenvalue weighted by Crippen LogP contribution is 2.24. The highest BCUT2D eigenvalue weighted by atomic mass is 16.7. The lowest BCUT2D eigenvalue weighted by molar-refractivity contribution is -0.210. The lowest BCUT2D eigenvalue weighted by Crippen LogP contribution is -2.59. The quantitative estimate of drug-likeness (QED) is 0.0171. The fourth-order valence-electron chi connectivity index (χ4n) is 14.2. The highest BCUT2D eigenvalue weighted by molar-refractivity contribution is 6.00. The minimum absolute atomic E-state index is 0.0915. The van der Waals surface area contributed by atoms with E-state index < -0.39 is 207 Å². The van der Waals surface area contributed by atoms with Gasteiger partial charge in [0, 0.05) is 78.3 Å². The first kappa shape index (κ1) is 98.7. The molecule has 2 unspecified atom stereocenters. The Morgan fingerprint density at radius 1 is 0.418 bits per heavy atom. The number of nitrogens with one attached hydrogen (secondary N) is 8. The number of carbonyl (C=O) groups is 16. The van der Waals surface area contributed by atoms with Gasteiger partial charge >= 0.3 is 35.8 Å². The molecule has 0 spiro atoms. The first-order chi connectivity index (χ1) is 58.1. The van der Waals surface area contributed by atoms with Crippen LogP contribution in [0, 0.1) is 0 Å². The molecule has 674 valence electrons. The van der Waals surface area contributed by atoms with Crippen molar-refractivity contribution in [3.05, 3.63) is 59.7 Å². The number of benzene rings is 2. The molecule has 46 nitrogen and oxygen atoms in total. The lowest BCUT2D eigenvalue weighted by Gasteiger charge is -2.38. The van der Waals surface area contributed by atoms with Gasteiger partial charge in [-0.05, 0) is 151 Å². The molecule has 46 heteroatoms. The average molecular weight is 1720 g/mol. The third-order valence-corrected chi connectivity index (χ3v) is 20.6. The zero-order chi connectivity index (χ0) is 89.5. The number of phenolic OH excluding ortho intramolecular Hbond substituents is 2. The van der Waals surface area contributed by atoms with Crippen LogP contribution < -0.4 is 76.9 Å². The van der Waals surface area contributed by atoms with Gasteiger partial charge in [0.1, 0.15) is 71.9 Å². The van der Waals surface area contributed by atoms with Gasteiger partial charge in [-0.1, -0.05) is 24.3 Å². The molecule has 2 aromatic rings. The fraction of sp³-hybridized carbons (Fsp3) is 0.605. The second kappa shape index (κ2) is 50.8. The molecule has 2 bridgehead atoms. The molecule has 4 fully saturated rings. The van der Waals surface area contributed by atoms with Gasteiger partial charge in [-0.15, -0.1) is 0 Å². The predicted molar refractivity (Wildman–Crippen MR) is 431 cm³/mol. The highest BCUT2D eigenvalue weighted by Gasteiger charge is 2.44. The zero-order valence-electron chi connectivity index (χ0n) is 67.9. The van der Waals surface area contributed by atoms with Gasteiger partial charge in [-0.2, -0.15) is 10.1 Å². The summed E-state index contributed by atoms with van der Waals surface area (Å²) in [5.74, 6) is -20.3. The van der Waals surface area contributed by atoms with Crippen LogP contribution in [0.1, 0.15) is 127 Å². The molecule has 0 radical (unpaired) electrons. The van der Waals surface area contributed by atoms with E-state index in [1.807, 2.05) is 0 Å². The number of nitrogens with two attached hydrogens (primary N) is 6. The van der Waals surface area contributed by atoms with Gasteiger partial charge in [0.15, 0.2) is 11.9 Å². The van der Waals surface area contributed by atoms with Gasteiger partial charge in [-0.25, -0.2) is 9.59 Å². The van der Waals surface area contributed by atoms with Crippen molar-refractivity contribution in [1.29, 1.82) is 0 Å². The van der Waals surface area contributed by atoms with Crippen LogP contribution in [0.15, 0.2) is 58.5 Å². The molecule has 26 N–H and O–H groups in total. The minimum atomic E-state index is -1.84. The maximum absolute atomic E-state index is 15.3. The Morgan fingerprint density at radius 2 is 0.762 bits per heavy atom. The summed E-state index contributed by atoms with van der Waals surface area (Å²) in [6.07, 6.45) is -4.78. The molecule has 6 rings (SSSR count). The molecule has 0 saturated carbocycles. The Labute approximate surface area is 702 Å². The number of nitrogens with zero attached hydrogens (tertiary/aromatic N) is 8. The molecule has 0 aliphatic carbocycles. The Bertz CT molecular complexity index is 3740. The Hall–Kier alpha value is -12.1. The number of phenols is 2. The summed E-state index contributed by atoms with van der Waals surface area (Å²) < 4.78 is 0. The molecule has 4 saturated heterocycles. The molecule has 12 atom stereocenters. The Morgan fingerprint density at radius 3 is 1.10 bits per heavy atom. The third kappa shape index (κ3) is 33.8. The van der Waals surface area contributed by atoms with E-state index in [2.05, 4.69) is 62.3 Å². The minimum Gasteiger partial charge on any atom is -0.508 e. The number of carbonyl (C=O) groups excluding carboxylic acids is 12. The molecule has 122 heavy (non-hydrogen) atoms. The first-order valence-corrected chi connectivity index (χ1v) is 40.5. The normalized spacial score (nSPS) is 23.2. The van der Waals surface area contributed by atoms with Crippen molar-refractivity contribution in [2.75, 3.05) is 105 Å². The topological polar surface area (TPSA) is 709 Å². The zero-order valence-corrected chi connectivity index (χ0v) is 67.9. The Balaban J connectivity index is 1.23. The average Bonchev–Trinajstić information content (AvgIpc) is 1.21. The number of rotatable bonds is 36. The number of carboxylic acids is 4. The van der Waals surface area contributed by atoms with E-state index in [-0.39, 0.29) is 166 Å². The number of aliphatic imine (C=N–C) groups is 2. The van der Waals surface area contributed by atoms with Crippen molar-refractivity contribution in [1.82, 2.24) is 72.3 Å². The van der Waals surface area contributed by atoms with Crippen LogP contribution >= 0.6 is 0 Å². The van der Waals surface area contributed by atoms with Gasteiger partial charge in [-0.3, -0.25) is 86.9 Å². The Kier molecular flexibility index (Phi) is 41.1. The van der Waals surface area contributed by atoms with Crippen LogP contribution in [0.25, 0.3) is 0 Å². The van der Waals surface area contributed by atoms with Gasteiger partial charge < -0.3 is 127 Å². The maximum Gasteiger partial charge on any atom is 0.332 e. The number of guanidine groups is 2. The summed E-state index contributed by atoms with van der Waals surface area (Å²) in [6, 6.07) is -5.74. The van der Waals surface area contributed by atoms with Crippen molar-refractivity contribution < 1.29 is 117 Å². The van der Waals surface area contributed by atoms with Crippen LogP contribution in [-0.4, -0.2) is 332 Å². The number of fused-ring (bicyclic) bond motifs is 3. The van der Waals surface area contributed by atoms with Crippen LogP contribution in [-0.2, 0) is 99.2 Å². The second-order valence-electron chi connectivity index (χ2n) is 29.9. The predicted octanol–water partition coefficient (Wildman–Crippen LogP) is -6.84. The number of hydrogen-bond donors (Lipinski definition) is 20. The lowest BCUT2D eigenvalue weighted by atomic mass is 10.0. The molecule has 4 aliphatic rings. The number of aliphatic carboxylic acids is 4. The van der Waals surface area contributed by atoms with Crippen molar-refractivity contribution >= 4 is 107 Å². The van der Waals surface area contributed by atoms with Crippen molar-refractivity contribution in [2.45, 2.75) is 189 Å². The van der Waals surface area contributed by atoms with Crippen molar-refractivity contribution in [3.8, 4) is 11.5 Å². The van der Waals surface area contributed by atoms with E-state index in [9.17, 15) is 97.8 Å². The van der Waals surface area contributed by atoms with Crippen LogP contribution in [0.4, 0.5) is 0 Å². The molecular formula is C76H116N22O24. The molecule has 10 amide bonds. The summed E-state index contributed by atoms with van der Waals surface area (Å²) in [5.41, 5.74) is 34.8. The van der Waals surface area contributed by atoms with Gasteiger partial charge in [0.05, 0.1) is 38.8 Å². The van der Waals surface area contributed by atoms with E-state index in [0.717, 1.165) is 0 Å². The first-order valence-electron chi connectivity index (χ1n) is 40.5. The van der Waals surface area contributed by atoms with E-state index in [1.54, 1.807) is 9.80 Å². The van der Waals surface area contributed by atoms with Crippen molar-refractivity contribution in [2.24, 2.45) is 44.4 Å². The van der Waals surface area contributed by atoms with Gasteiger partial charge in [0.25, 0.3) is 11.8 Å². The molecular weight excluding hydrogens is 1600 g/mol. The van der Waals surface area contributed by atoms with Crippen LogP contribution in [0.5, 0.6) is 11.5 Å². The summed E-state index contributed by atoms with van der Waals surface area (Å²) in [7, 11) is 0. The fourth-order valence-corrected chi connectivity index (χ4v) is 14.2.